The summed E-state index contributed by atoms with van der Waals surface area (Å²) in [5.74, 6) is 0.388. The first-order chi connectivity index (χ1) is 10.5. The summed E-state index contributed by atoms with van der Waals surface area (Å²) in [7, 11) is 5.64. The minimum atomic E-state index is -0.216. The fraction of sp³-hybridized carbons (Fsp3) is 0.647. The molecule has 2 rings (SSSR count). The molecule has 0 aromatic heterocycles. The van der Waals surface area contributed by atoms with Crippen LogP contribution in [0, 0.1) is 11.2 Å². The lowest BCUT2D eigenvalue weighted by Crippen LogP contribution is -2.46. The first kappa shape index (κ1) is 17.2. The van der Waals surface area contributed by atoms with Gasteiger partial charge in [0.25, 0.3) is 0 Å². The molecule has 0 spiro atoms. The van der Waals surface area contributed by atoms with E-state index in [1.807, 2.05) is 14.1 Å². The number of hydrogen-bond donors (Lipinski definition) is 1. The zero-order valence-corrected chi connectivity index (χ0v) is 13.8. The van der Waals surface area contributed by atoms with Gasteiger partial charge in [-0.05, 0) is 52.2 Å². The number of nitrogens with zero attached hydrogens (tertiary/aromatic N) is 2. The topological polar surface area (TPSA) is 35.9 Å². The van der Waals surface area contributed by atoms with E-state index in [4.69, 9.17) is 4.74 Å². The Morgan fingerprint density at radius 1 is 1.32 bits per heavy atom. The Bertz CT molecular complexity index is 486. The summed E-state index contributed by atoms with van der Waals surface area (Å²) in [6.45, 7) is 3.39. The fourth-order valence-corrected chi connectivity index (χ4v) is 3.33. The molecule has 1 aromatic rings. The molecule has 1 aliphatic heterocycles. The van der Waals surface area contributed by atoms with Crippen LogP contribution < -0.4 is 4.74 Å². The van der Waals surface area contributed by atoms with Crippen LogP contribution in [0.4, 0.5) is 4.39 Å². The van der Waals surface area contributed by atoms with Gasteiger partial charge in [-0.3, -0.25) is 4.90 Å². The number of rotatable bonds is 6. The van der Waals surface area contributed by atoms with Crippen LogP contribution in [0.5, 0.6) is 5.75 Å². The third kappa shape index (κ3) is 3.97. The van der Waals surface area contributed by atoms with Gasteiger partial charge in [0.15, 0.2) is 0 Å². The van der Waals surface area contributed by atoms with Crippen LogP contribution in [0.2, 0.25) is 0 Å². The Morgan fingerprint density at radius 3 is 2.55 bits per heavy atom. The van der Waals surface area contributed by atoms with Crippen molar-refractivity contribution >= 4 is 0 Å². The highest BCUT2D eigenvalue weighted by Crippen LogP contribution is 2.33. The first-order valence-corrected chi connectivity index (χ1v) is 7.79. The van der Waals surface area contributed by atoms with E-state index in [0.717, 1.165) is 32.5 Å². The van der Waals surface area contributed by atoms with Gasteiger partial charge in [-0.25, -0.2) is 4.39 Å². The second-order valence-corrected chi connectivity index (χ2v) is 6.59. The number of benzene rings is 1. The van der Waals surface area contributed by atoms with Gasteiger partial charge in [0.05, 0.1) is 13.7 Å². The fourth-order valence-electron chi connectivity index (χ4n) is 3.33. The zero-order chi connectivity index (χ0) is 16.2. The summed E-state index contributed by atoms with van der Waals surface area (Å²) in [5.41, 5.74) is 0.591. The largest absolute Gasteiger partial charge is 0.496 e. The van der Waals surface area contributed by atoms with E-state index in [9.17, 15) is 9.50 Å². The van der Waals surface area contributed by atoms with Crippen LogP contribution in [0.25, 0.3) is 0 Å². The van der Waals surface area contributed by atoms with Crippen LogP contribution in [0.3, 0.4) is 0 Å². The van der Waals surface area contributed by atoms with E-state index < -0.39 is 0 Å². The Hall–Kier alpha value is -1.17. The molecule has 1 heterocycles. The van der Waals surface area contributed by atoms with Crippen LogP contribution in [-0.4, -0.2) is 62.4 Å². The Kier molecular flexibility index (Phi) is 5.78. The molecule has 4 nitrogen and oxygen atoms in total. The minimum Gasteiger partial charge on any atom is -0.496 e. The summed E-state index contributed by atoms with van der Waals surface area (Å²) >= 11 is 0. The van der Waals surface area contributed by atoms with Gasteiger partial charge in [-0.15, -0.1) is 0 Å². The van der Waals surface area contributed by atoms with Crippen molar-refractivity contribution in [2.24, 2.45) is 5.41 Å². The SMILES string of the molecule is COc1cccc(F)c1CN1CCC(CO)(CN(C)C)CC1. The quantitative estimate of drug-likeness (QED) is 0.871. The standard InChI is InChI=1S/C17H27FN2O2/c1-19(2)12-17(13-21)7-9-20(10-8-17)11-14-15(18)5-4-6-16(14)22-3/h4-6,21H,7-13H2,1-3H3. The maximum Gasteiger partial charge on any atom is 0.131 e. The molecule has 22 heavy (non-hydrogen) atoms. The number of aliphatic hydroxyl groups excluding tert-OH is 1. The van der Waals surface area contributed by atoms with E-state index >= 15 is 0 Å². The van der Waals surface area contributed by atoms with Crippen molar-refractivity contribution in [2.75, 3.05) is 47.4 Å². The number of halogens is 1. The van der Waals surface area contributed by atoms with Crippen LogP contribution in [0.1, 0.15) is 18.4 Å². The lowest BCUT2D eigenvalue weighted by molar-refractivity contribution is 0.0214. The number of ether oxygens (including phenoxy) is 1. The smallest absolute Gasteiger partial charge is 0.131 e. The van der Waals surface area contributed by atoms with Crippen molar-refractivity contribution in [3.05, 3.63) is 29.6 Å². The second kappa shape index (κ2) is 7.40. The second-order valence-electron chi connectivity index (χ2n) is 6.59. The van der Waals surface area contributed by atoms with Gasteiger partial charge >= 0.3 is 0 Å². The van der Waals surface area contributed by atoms with Crippen molar-refractivity contribution in [3.63, 3.8) is 0 Å². The van der Waals surface area contributed by atoms with Gasteiger partial charge in [0.1, 0.15) is 11.6 Å². The highest BCUT2D eigenvalue weighted by atomic mass is 19.1. The Balaban J connectivity index is 2.01. The first-order valence-electron chi connectivity index (χ1n) is 7.79. The summed E-state index contributed by atoms with van der Waals surface area (Å²) in [6, 6.07) is 4.94. The van der Waals surface area contributed by atoms with Crippen LogP contribution in [-0.2, 0) is 6.54 Å². The van der Waals surface area contributed by atoms with E-state index in [2.05, 4.69) is 9.80 Å². The predicted molar refractivity (Wildman–Crippen MR) is 85.5 cm³/mol. The van der Waals surface area contributed by atoms with E-state index in [1.54, 1.807) is 19.2 Å². The van der Waals surface area contributed by atoms with Crippen molar-refractivity contribution in [2.45, 2.75) is 19.4 Å². The molecule has 124 valence electrons. The molecule has 0 amide bonds. The molecular weight excluding hydrogens is 283 g/mol. The molecule has 1 saturated heterocycles. The molecule has 0 saturated carbocycles. The molecule has 0 bridgehead atoms. The molecule has 0 aliphatic carbocycles. The Labute approximate surface area is 132 Å². The van der Waals surface area contributed by atoms with Crippen molar-refractivity contribution in [1.29, 1.82) is 0 Å². The average Bonchev–Trinajstić information content (AvgIpc) is 2.50. The molecule has 5 heteroatoms. The monoisotopic (exact) mass is 310 g/mol. The maximum atomic E-state index is 14.0. The molecule has 0 unspecified atom stereocenters. The third-order valence-corrected chi connectivity index (χ3v) is 4.58. The summed E-state index contributed by atoms with van der Waals surface area (Å²) in [4.78, 5) is 4.37. The Morgan fingerprint density at radius 2 is 2.00 bits per heavy atom. The molecular formula is C17H27FN2O2. The van der Waals surface area contributed by atoms with Crippen molar-refractivity contribution < 1.29 is 14.2 Å². The summed E-state index contributed by atoms with van der Waals surface area (Å²) in [5, 5.41) is 9.77. The highest BCUT2D eigenvalue weighted by Gasteiger charge is 2.34. The average molecular weight is 310 g/mol. The van der Waals surface area contributed by atoms with E-state index in [-0.39, 0.29) is 17.8 Å². The third-order valence-electron chi connectivity index (χ3n) is 4.58. The minimum absolute atomic E-state index is 0.0285. The predicted octanol–water partition coefficient (Wildman–Crippen LogP) is 1.97. The zero-order valence-electron chi connectivity index (χ0n) is 13.8. The number of hydrogen-bond acceptors (Lipinski definition) is 4. The van der Waals surface area contributed by atoms with Gasteiger partial charge in [0.2, 0.25) is 0 Å². The number of piperidine rings is 1. The van der Waals surface area contributed by atoms with Gasteiger partial charge < -0.3 is 14.7 Å². The molecule has 1 aromatic carbocycles. The summed E-state index contributed by atoms with van der Waals surface area (Å²) in [6.07, 6.45) is 1.86. The molecule has 1 fully saturated rings. The maximum absolute atomic E-state index is 14.0. The highest BCUT2D eigenvalue weighted by molar-refractivity contribution is 5.34. The van der Waals surface area contributed by atoms with Gasteiger partial charge in [-0.1, -0.05) is 6.07 Å². The number of likely N-dealkylation sites (tertiary alicyclic amines) is 1. The molecule has 0 atom stereocenters. The summed E-state index contributed by atoms with van der Waals surface area (Å²) < 4.78 is 19.3. The van der Waals surface area contributed by atoms with E-state index in [1.165, 1.54) is 6.07 Å². The number of methoxy groups -OCH3 is 1. The van der Waals surface area contributed by atoms with Crippen LogP contribution in [0.15, 0.2) is 18.2 Å². The van der Waals surface area contributed by atoms with Crippen LogP contribution >= 0.6 is 0 Å². The van der Waals surface area contributed by atoms with Gasteiger partial charge in [-0.2, -0.15) is 0 Å². The van der Waals surface area contributed by atoms with Crippen molar-refractivity contribution in [1.82, 2.24) is 9.80 Å². The van der Waals surface area contributed by atoms with Crippen molar-refractivity contribution in [3.8, 4) is 5.75 Å². The normalized spacial score (nSPS) is 18.6. The van der Waals surface area contributed by atoms with E-state index in [0.29, 0.717) is 17.9 Å². The lowest BCUT2D eigenvalue weighted by Gasteiger charge is -2.42. The number of aliphatic hydroxyl groups is 1. The molecule has 1 N–H and O–H groups in total. The molecule has 1 aliphatic rings. The van der Waals surface area contributed by atoms with Gasteiger partial charge in [0, 0.05) is 24.1 Å². The molecule has 0 radical (unpaired) electrons. The lowest BCUT2D eigenvalue weighted by atomic mass is 9.78.